The molecule has 1 aromatic carbocycles. The molecule has 0 aliphatic rings. The van der Waals surface area contributed by atoms with Crippen LogP contribution < -0.4 is 5.32 Å². The van der Waals surface area contributed by atoms with Gasteiger partial charge in [-0.15, -0.1) is 10.2 Å². The van der Waals surface area contributed by atoms with Crippen molar-refractivity contribution in [3.63, 3.8) is 0 Å². The van der Waals surface area contributed by atoms with Gasteiger partial charge >= 0.3 is 5.97 Å². The first-order valence-corrected chi connectivity index (χ1v) is 8.08. The van der Waals surface area contributed by atoms with Gasteiger partial charge in [0.2, 0.25) is 9.47 Å². The van der Waals surface area contributed by atoms with Crippen molar-refractivity contribution in [2.24, 2.45) is 0 Å². The van der Waals surface area contributed by atoms with Gasteiger partial charge in [-0.25, -0.2) is 4.79 Å². The Hall–Kier alpha value is -1.03. The summed E-state index contributed by atoms with van der Waals surface area (Å²) in [6.45, 7) is 0. The number of carbonyl (C=O) groups excluding carboxylic acids is 2. The van der Waals surface area contributed by atoms with Crippen molar-refractivity contribution >= 4 is 72.4 Å². The van der Waals surface area contributed by atoms with Crippen LogP contribution in [0.2, 0.25) is 4.47 Å². The number of halogens is 3. The molecule has 0 unspecified atom stereocenters. The van der Waals surface area contributed by atoms with E-state index in [1.807, 2.05) is 0 Å². The van der Waals surface area contributed by atoms with Gasteiger partial charge in [-0.3, -0.25) is 4.79 Å². The molecule has 21 heavy (non-hydrogen) atoms. The van der Waals surface area contributed by atoms with Crippen molar-refractivity contribution in [1.29, 1.82) is 0 Å². The first-order valence-electron chi connectivity index (χ1n) is 5.30. The number of benzene rings is 1. The summed E-state index contributed by atoms with van der Waals surface area (Å²) in [5.41, 5.74) is 0.476. The van der Waals surface area contributed by atoms with Crippen LogP contribution in [0.4, 0.5) is 5.69 Å². The molecule has 0 saturated carbocycles. The van der Waals surface area contributed by atoms with E-state index in [9.17, 15) is 9.59 Å². The minimum atomic E-state index is -0.581. The summed E-state index contributed by atoms with van der Waals surface area (Å²) in [4.78, 5) is 23.9. The number of nitrogens with zero attached hydrogens (tertiary/aromatic N) is 2. The zero-order chi connectivity index (χ0) is 15.6. The van der Waals surface area contributed by atoms with Crippen molar-refractivity contribution < 1.29 is 14.3 Å². The first kappa shape index (κ1) is 16.3. The third kappa shape index (κ3) is 3.79. The Morgan fingerprint density at radius 2 is 2.05 bits per heavy atom. The van der Waals surface area contributed by atoms with E-state index in [-0.39, 0.29) is 20.7 Å². The number of anilines is 1. The summed E-state index contributed by atoms with van der Waals surface area (Å²) in [5.74, 6) is -1.10. The number of rotatable bonds is 3. The van der Waals surface area contributed by atoms with Crippen LogP contribution in [0, 0.1) is 0 Å². The molecule has 110 valence electrons. The van der Waals surface area contributed by atoms with E-state index in [4.69, 9.17) is 16.3 Å². The van der Waals surface area contributed by atoms with Gasteiger partial charge in [0, 0.05) is 8.95 Å². The molecule has 2 aromatic rings. The molecule has 2 rings (SSSR count). The minimum Gasteiger partial charge on any atom is -0.465 e. The van der Waals surface area contributed by atoms with Crippen LogP contribution in [0.15, 0.2) is 21.1 Å². The highest BCUT2D eigenvalue weighted by atomic mass is 79.9. The number of nitrogens with one attached hydrogen (secondary N) is 1. The van der Waals surface area contributed by atoms with Gasteiger partial charge in [-0.1, -0.05) is 27.3 Å². The molecule has 0 radical (unpaired) electrons. The molecule has 10 heteroatoms. The fourth-order valence-corrected chi connectivity index (χ4v) is 3.48. The SMILES string of the molecule is COC(=O)c1cc(Br)cc(Br)c1NC(=O)c1nnc(Cl)s1. The molecule has 0 atom stereocenters. The number of hydrogen-bond acceptors (Lipinski definition) is 6. The largest absolute Gasteiger partial charge is 0.465 e. The summed E-state index contributed by atoms with van der Waals surface area (Å²) in [6.07, 6.45) is 0. The summed E-state index contributed by atoms with van der Waals surface area (Å²) in [6, 6.07) is 3.23. The lowest BCUT2D eigenvalue weighted by Crippen LogP contribution is -2.16. The summed E-state index contributed by atoms with van der Waals surface area (Å²) >= 11 is 13.1. The van der Waals surface area contributed by atoms with Crippen molar-refractivity contribution in [3.05, 3.63) is 36.1 Å². The van der Waals surface area contributed by atoms with E-state index in [2.05, 4.69) is 47.4 Å². The van der Waals surface area contributed by atoms with E-state index in [1.54, 1.807) is 12.1 Å². The smallest absolute Gasteiger partial charge is 0.340 e. The molecule has 0 spiro atoms. The van der Waals surface area contributed by atoms with E-state index in [0.29, 0.717) is 8.95 Å². The number of hydrogen-bond donors (Lipinski definition) is 1. The van der Waals surface area contributed by atoms with Gasteiger partial charge < -0.3 is 10.1 Å². The molecular weight excluding hydrogens is 449 g/mol. The average Bonchev–Trinajstić information content (AvgIpc) is 2.87. The molecule has 0 bridgehead atoms. The van der Waals surface area contributed by atoms with E-state index < -0.39 is 11.9 Å². The lowest BCUT2D eigenvalue weighted by atomic mass is 10.2. The van der Waals surface area contributed by atoms with Crippen LogP contribution in [0.1, 0.15) is 20.2 Å². The quantitative estimate of drug-likeness (QED) is 0.713. The molecule has 0 fully saturated rings. The number of amides is 1. The normalized spacial score (nSPS) is 10.3. The second kappa shape index (κ2) is 6.82. The highest BCUT2D eigenvalue weighted by Crippen LogP contribution is 2.32. The Kier molecular flexibility index (Phi) is 5.31. The predicted molar refractivity (Wildman–Crippen MR) is 86.1 cm³/mol. The molecular formula is C11H6Br2ClN3O3S. The first-order chi connectivity index (χ1) is 9.92. The fourth-order valence-electron chi connectivity index (χ4n) is 1.44. The predicted octanol–water partition coefficient (Wildman–Crippen LogP) is 3.76. The molecule has 1 N–H and O–H groups in total. The monoisotopic (exact) mass is 453 g/mol. The van der Waals surface area contributed by atoms with E-state index in [0.717, 1.165) is 11.3 Å². The zero-order valence-corrected chi connectivity index (χ0v) is 15.1. The third-order valence-corrected chi connectivity index (χ3v) is 4.39. The maximum absolute atomic E-state index is 12.1. The lowest BCUT2D eigenvalue weighted by Gasteiger charge is -2.11. The van der Waals surface area contributed by atoms with Gasteiger partial charge in [0.15, 0.2) is 0 Å². The van der Waals surface area contributed by atoms with Crippen molar-refractivity contribution in [1.82, 2.24) is 10.2 Å². The van der Waals surface area contributed by atoms with Crippen molar-refractivity contribution in [3.8, 4) is 0 Å². The second-order valence-corrected chi connectivity index (χ2v) is 6.95. The summed E-state index contributed by atoms with van der Waals surface area (Å²) in [5, 5.41) is 9.87. The molecule has 0 aliphatic heterocycles. The topological polar surface area (TPSA) is 81.2 Å². The Labute approximate surface area is 145 Å². The Morgan fingerprint density at radius 3 is 2.62 bits per heavy atom. The highest BCUT2D eigenvalue weighted by Gasteiger charge is 2.20. The van der Waals surface area contributed by atoms with Gasteiger partial charge in [0.25, 0.3) is 5.91 Å². The lowest BCUT2D eigenvalue weighted by molar-refractivity contribution is 0.0602. The van der Waals surface area contributed by atoms with Crippen LogP contribution in [-0.2, 0) is 4.74 Å². The average molecular weight is 456 g/mol. The maximum Gasteiger partial charge on any atom is 0.340 e. The number of ether oxygens (including phenoxy) is 1. The summed E-state index contributed by atoms with van der Waals surface area (Å²) in [7, 11) is 1.26. The number of carbonyl (C=O) groups is 2. The molecule has 1 amide bonds. The fraction of sp³-hybridized carbons (Fsp3) is 0.0909. The van der Waals surface area contributed by atoms with Crippen LogP contribution in [0.5, 0.6) is 0 Å². The van der Waals surface area contributed by atoms with Crippen LogP contribution in [-0.4, -0.2) is 29.2 Å². The van der Waals surface area contributed by atoms with E-state index in [1.165, 1.54) is 7.11 Å². The van der Waals surface area contributed by atoms with Gasteiger partial charge in [-0.2, -0.15) is 0 Å². The molecule has 6 nitrogen and oxygen atoms in total. The van der Waals surface area contributed by atoms with E-state index >= 15 is 0 Å². The number of methoxy groups -OCH3 is 1. The van der Waals surface area contributed by atoms with Gasteiger partial charge in [0.1, 0.15) is 0 Å². The molecule has 1 aromatic heterocycles. The van der Waals surface area contributed by atoms with Gasteiger partial charge in [0.05, 0.1) is 18.4 Å². The molecule has 0 aliphatic carbocycles. The second-order valence-electron chi connectivity index (χ2n) is 3.62. The Bertz CT molecular complexity index is 723. The maximum atomic E-state index is 12.1. The standard InChI is InChI=1S/C11H6Br2ClN3O3S/c1-20-10(19)5-2-4(12)3-6(13)7(5)15-8(18)9-16-17-11(14)21-9/h2-3H,1H3,(H,15,18). The summed E-state index contributed by atoms with van der Waals surface area (Å²) < 4.78 is 6.03. The van der Waals surface area contributed by atoms with Gasteiger partial charge in [-0.05, 0) is 39.7 Å². The van der Waals surface area contributed by atoms with Crippen molar-refractivity contribution in [2.75, 3.05) is 12.4 Å². The van der Waals surface area contributed by atoms with Crippen LogP contribution in [0.25, 0.3) is 0 Å². The Morgan fingerprint density at radius 1 is 1.33 bits per heavy atom. The Balaban J connectivity index is 2.39. The zero-order valence-electron chi connectivity index (χ0n) is 10.3. The molecule has 0 saturated heterocycles. The third-order valence-electron chi connectivity index (χ3n) is 2.29. The van der Waals surface area contributed by atoms with Crippen LogP contribution >= 0.6 is 54.8 Å². The molecule has 1 heterocycles. The highest BCUT2D eigenvalue weighted by molar-refractivity contribution is 9.11. The minimum absolute atomic E-state index is 0.0886. The number of esters is 1. The van der Waals surface area contributed by atoms with Crippen LogP contribution in [0.3, 0.4) is 0 Å². The number of aromatic nitrogens is 2. The van der Waals surface area contributed by atoms with Crippen molar-refractivity contribution in [2.45, 2.75) is 0 Å².